The predicted molar refractivity (Wildman–Crippen MR) is 73.7 cm³/mol. The van der Waals surface area contributed by atoms with Gasteiger partial charge in [0.1, 0.15) is 12.4 Å². The van der Waals surface area contributed by atoms with Crippen LogP contribution in [0, 0.1) is 12.7 Å². The van der Waals surface area contributed by atoms with Gasteiger partial charge in [0.2, 0.25) is 5.91 Å². The van der Waals surface area contributed by atoms with Crippen molar-refractivity contribution < 1.29 is 14.0 Å². The Kier molecular flexibility index (Phi) is 3.92. The van der Waals surface area contributed by atoms with E-state index in [4.69, 9.17) is 5.73 Å². The van der Waals surface area contributed by atoms with E-state index in [1.807, 2.05) is 0 Å². The van der Waals surface area contributed by atoms with Crippen LogP contribution in [0.15, 0.2) is 12.1 Å². The summed E-state index contributed by atoms with van der Waals surface area (Å²) in [5.41, 5.74) is 6.26. The first-order valence-corrected chi connectivity index (χ1v) is 6.49. The van der Waals surface area contributed by atoms with Crippen LogP contribution >= 0.6 is 0 Å². The fourth-order valence-electron chi connectivity index (χ4n) is 2.28. The van der Waals surface area contributed by atoms with Crippen molar-refractivity contribution in [3.05, 3.63) is 29.1 Å². The fraction of sp³-hybridized carbons (Fsp3) is 0.429. The van der Waals surface area contributed by atoms with Crippen LogP contribution in [0.1, 0.15) is 22.3 Å². The molecule has 0 unspecified atom stereocenters. The first-order valence-electron chi connectivity index (χ1n) is 6.49. The Morgan fingerprint density at radius 3 is 2.75 bits per heavy atom. The zero-order valence-electron chi connectivity index (χ0n) is 11.6. The second-order valence-corrected chi connectivity index (χ2v) is 5.09. The van der Waals surface area contributed by atoms with E-state index in [1.54, 1.807) is 18.9 Å². The van der Waals surface area contributed by atoms with Crippen molar-refractivity contribution in [1.29, 1.82) is 0 Å². The van der Waals surface area contributed by atoms with E-state index in [2.05, 4.69) is 0 Å². The largest absolute Gasteiger partial charge is 0.399 e. The number of carbonyl (C=O) groups excluding carboxylic acids is 2. The molecule has 20 heavy (non-hydrogen) atoms. The van der Waals surface area contributed by atoms with Gasteiger partial charge in [-0.3, -0.25) is 9.59 Å². The molecule has 1 saturated heterocycles. The molecule has 1 aromatic rings. The second-order valence-electron chi connectivity index (χ2n) is 5.09. The number of halogens is 1. The molecular weight excluding hydrogens is 261 g/mol. The van der Waals surface area contributed by atoms with E-state index in [1.165, 1.54) is 17.0 Å². The zero-order valence-corrected chi connectivity index (χ0v) is 11.6. The van der Waals surface area contributed by atoms with Crippen molar-refractivity contribution in [3.8, 4) is 0 Å². The number of hydrogen-bond donors (Lipinski definition) is 1. The maximum absolute atomic E-state index is 14.1. The van der Waals surface area contributed by atoms with Crippen molar-refractivity contribution in [3.63, 3.8) is 0 Å². The van der Waals surface area contributed by atoms with E-state index in [9.17, 15) is 14.0 Å². The molecule has 6 heteroatoms. The molecule has 108 valence electrons. The molecule has 5 nitrogen and oxygen atoms in total. The average Bonchev–Trinajstić information content (AvgIpc) is 2.56. The summed E-state index contributed by atoms with van der Waals surface area (Å²) in [7, 11) is 1.70. The van der Waals surface area contributed by atoms with Gasteiger partial charge in [-0.15, -0.1) is 0 Å². The van der Waals surface area contributed by atoms with Crippen LogP contribution in [-0.4, -0.2) is 48.3 Å². The third kappa shape index (κ3) is 2.74. The van der Waals surface area contributed by atoms with E-state index in [-0.39, 0.29) is 18.0 Å². The third-order valence-electron chi connectivity index (χ3n) is 3.47. The highest BCUT2D eigenvalue weighted by atomic mass is 19.1. The highest BCUT2D eigenvalue weighted by Crippen LogP contribution is 2.19. The second kappa shape index (κ2) is 5.48. The summed E-state index contributed by atoms with van der Waals surface area (Å²) in [5, 5.41) is 0. The van der Waals surface area contributed by atoms with Crippen molar-refractivity contribution in [1.82, 2.24) is 9.80 Å². The van der Waals surface area contributed by atoms with Gasteiger partial charge >= 0.3 is 0 Å². The lowest BCUT2D eigenvalue weighted by Crippen LogP contribution is -2.38. The number of nitrogens with zero attached hydrogens (tertiary/aromatic N) is 2. The maximum Gasteiger partial charge on any atom is 0.257 e. The standard InChI is InChI=1S/C14H18FN3O2/c1-9-6-10(16)7-11(13(9)15)14(20)18-5-3-4-17(2)12(19)8-18/h6-7H,3-5,8,16H2,1-2H3. The van der Waals surface area contributed by atoms with Crippen molar-refractivity contribution in [2.45, 2.75) is 13.3 Å². The van der Waals surface area contributed by atoms with Gasteiger partial charge in [0.25, 0.3) is 5.91 Å². The minimum absolute atomic E-state index is 0.0252. The summed E-state index contributed by atoms with van der Waals surface area (Å²) in [5.74, 6) is -1.20. The number of anilines is 1. The molecule has 0 bridgehead atoms. The fourth-order valence-corrected chi connectivity index (χ4v) is 2.28. The number of aryl methyl sites for hydroxylation is 1. The number of nitrogen functional groups attached to an aromatic ring is 1. The van der Waals surface area contributed by atoms with E-state index >= 15 is 0 Å². The highest BCUT2D eigenvalue weighted by Gasteiger charge is 2.26. The molecule has 1 aliphatic rings. The van der Waals surface area contributed by atoms with E-state index in [0.717, 1.165) is 0 Å². The molecule has 0 saturated carbocycles. The monoisotopic (exact) mass is 279 g/mol. The van der Waals surface area contributed by atoms with Gasteiger partial charge in [0, 0.05) is 25.8 Å². The minimum atomic E-state index is -0.575. The Morgan fingerprint density at radius 1 is 1.35 bits per heavy atom. The smallest absolute Gasteiger partial charge is 0.257 e. The average molecular weight is 279 g/mol. The lowest BCUT2D eigenvalue weighted by atomic mass is 10.1. The lowest BCUT2D eigenvalue weighted by Gasteiger charge is -2.20. The molecule has 0 aliphatic carbocycles. The van der Waals surface area contributed by atoms with Gasteiger partial charge in [-0.2, -0.15) is 0 Å². The van der Waals surface area contributed by atoms with Crippen LogP contribution < -0.4 is 5.73 Å². The maximum atomic E-state index is 14.1. The first kappa shape index (κ1) is 14.3. The molecule has 0 radical (unpaired) electrons. The molecule has 2 rings (SSSR count). The molecule has 0 aromatic heterocycles. The third-order valence-corrected chi connectivity index (χ3v) is 3.47. The zero-order chi connectivity index (χ0) is 14.9. The number of benzene rings is 1. The minimum Gasteiger partial charge on any atom is -0.399 e. The molecule has 2 N–H and O–H groups in total. The number of hydrogen-bond acceptors (Lipinski definition) is 3. The molecule has 0 atom stereocenters. The summed E-state index contributed by atoms with van der Waals surface area (Å²) >= 11 is 0. The Morgan fingerprint density at radius 2 is 2.05 bits per heavy atom. The van der Waals surface area contributed by atoms with Gasteiger partial charge in [-0.05, 0) is 31.0 Å². The Hall–Kier alpha value is -2.11. The summed E-state index contributed by atoms with van der Waals surface area (Å²) in [6, 6.07) is 2.80. The van der Waals surface area contributed by atoms with Crippen molar-refractivity contribution >= 4 is 17.5 Å². The van der Waals surface area contributed by atoms with Crippen LogP contribution in [-0.2, 0) is 4.79 Å². The number of rotatable bonds is 1. The SMILES string of the molecule is Cc1cc(N)cc(C(=O)N2CCCN(C)C(=O)C2)c1F. The van der Waals surface area contributed by atoms with E-state index < -0.39 is 11.7 Å². The lowest BCUT2D eigenvalue weighted by molar-refractivity contribution is -0.129. The molecule has 1 aromatic carbocycles. The quantitative estimate of drug-likeness (QED) is 0.780. The van der Waals surface area contributed by atoms with Crippen LogP contribution in [0.2, 0.25) is 0 Å². The Bertz CT molecular complexity index is 560. The van der Waals surface area contributed by atoms with Gasteiger partial charge < -0.3 is 15.5 Å². The molecule has 1 aliphatic heterocycles. The molecule has 2 amide bonds. The number of likely N-dealkylation sites (N-methyl/N-ethyl adjacent to an activating group) is 1. The summed E-state index contributed by atoms with van der Waals surface area (Å²) in [6.45, 7) is 2.57. The Labute approximate surface area is 117 Å². The predicted octanol–water partition coefficient (Wildman–Crippen LogP) is 1.02. The molecule has 1 heterocycles. The van der Waals surface area contributed by atoms with Crippen LogP contribution in [0.5, 0.6) is 0 Å². The van der Waals surface area contributed by atoms with Crippen LogP contribution in [0.25, 0.3) is 0 Å². The van der Waals surface area contributed by atoms with Crippen molar-refractivity contribution in [2.24, 2.45) is 0 Å². The van der Waals surface area contributed by atoms with Gasteiger partial charge in [0.15, 0.2) is 0 Å². The molecule has 0 spiro atoms. The van der Waals surface area contributed by atoms with Crippen LogP contribution in [0.4, 0.5) is 10.1 Å². The Balaban J connectivity index is 2.29. The van der Waals surface area contributed by atoms with Gasteiger partial charge in [0.05, 0.1) is 5.56 Å². The first-order chi connectivity index (χ1) is 9.40. The summed E-state index contributed by atoms with van der Waals surface area (Å²) in [6.07, 6.45) is 0.677. The van der Waals surface area contributed by atoms with Crippen LogP contribution in [0.3, 0.4) is 0 Å². The van der Waals surface area contributed by atoms with Crippen molar-refractivity contribution in [2.75, 3.05) is 32.4 Å². The molecular formula is C14H18FN3O2. The number of carbonyl (C=O) groups is 2. The van der Waals surface area contributed by atoms with Gasteiger partial charge in [-0.25, -0.2) is 4.39 Å². The highest BCUT2D eigenvalue weighted by molar-refractivity contribution is 5.97. The van der Waals surface area contributed by atoms with Gasteiger partial charge in [-0.1, -0.05) is 0 Å². The number of nitrogens with two attached hydrogens (primary N) is 1. The normalized spacial score (nSPS) is 16.2. The topological polar surface area (TPSA) is 66.6 Å². The summed E-state index contributed by atoms with van der Waals surface area (Å²) < 4.78 is 14.1. The summed E-state index contributed by atoms with van der Waals surface area (Å²) in [4.78, 5) is 27.1. The van der Waals surface area contributed by atoms with E-state index in [0.29, 0.717) is 30.8 Å². The molecule has 1 fully saturated rings. The number of amides is 2.